The van der Waals surface area contributed by atoms with Crippen molar-refractivity contribution in [1.82, 2.24) is 9.13 Å². The second-order valence-electron chi connectivity index (χ2n) is 6.72. The molecule has 1 aromatic heterocycles. The van der Waals surface area contributed by atoms with E-state index < -0.39 is 0 Å². The highest BCUT2D eigenvalue weighted by molar-refractivity contribution is 5.81. The molecule has 0 saturated heterocycles. The molecule has 1 heterocycles. The molecule has 27 heavy (non-hydrogen) atoms. The van der Waals surface area contributed by atoms with Crippen molar-refractivity contribution in [1.29, 1.82) is 0 Å². The van der Waals surface area contributed by atoms with E-state index in [1.807, 2.05) is 49.4 Å². The molecule has 0 aliphatic carbocycles. The smallest absolute Gasteiger partial charge is 0.333 e. The second-order valence-corrected chi connectivity index (χ2v) is 6.72. The van der Waals surface area contributed by atoms with Gasteiger partial charge < -0.3 is 4.74 Å². The quantitative estimate of drug-likeness (QED) is 0.432. The molecule has 0 atom stereocenters. The number of nitrogens with zero attached hydrogens (tertiary/aromatic N) is 2. The monoisotopic (exact) mass is 368 g/mol. The summed E-state index contributed by atoms with van der Waals surface area (Å²) >= 11 is 0. The van der Waals surface area contributed by atoms with Gasteiger partial charge in [-0.25, -0.2) is 4.79 Å². The minimum Gasteiger partial charge on any atom is -0.494 e. The van der Waals surface area contributed by atoms with Crippen molar-refractivity contribution in [3.05, 3.63) is 64.8 Å². The molecule has 0 fully saturated rings. The third-order valence-corrected chi connectivity index (χ3v) is 4.98. The topological polar surface area (TPSA) is 36.2 Å². The SMILES string of the molecule is C\C=C(/C=C\C(=C/CC)OCC(CC)CC)n1c(=O)n(C)c2ccccc21. The Balaban J connectivity index is 2.32. The van der Waals surface area contributed by atoms with Crippen molar-refractivity contribution in [2.45, 2.75) is 47.0 Å². The normalized spacial score (nSPS) is 13.3. The first kappa shape index (κ1) is 20.8. The fourth-order valence-electron chi connectivity index (χ4n) is 3.12. The lowest BCUT2D eigenvalue weighted by molar-refractivity contribution is 0.168. The number of aromatic nitrogens is 2. The molecule has 0 unspecified atom stereocenters. The van der Waals surface area contributed by atoms with Gasteiger partial charge in [-0.2, -0.15) is 0 Å². The fraction of sp³-hybridized carbons (Fsp3) is 0.435. The van der Waals surface area contributed by atoms with Crippen LogP contribution in [0.2, 0.25) is 0 Å². The molecule has 2 rings (SSSR count). The van der Waals surface area contributed by atoms with Crippen LogP contribution in [0.15, 0.2) is 59.1 Å². The number of aryl methyl sites for hydroxylation is 1. The number of hydrogen-bond donors (Lipinski definition) is 0. The lowest BCUT2D eigenvalue weighted by atomic mass is 10.1. The molecule has 2 aromatic rings. The summed E-state index contributed by atoms with van der Waals surface area (Å²) in [5.41, 5.74) is 2.61. The van der Waals surface area contributed by atoms with E-state index in [0.29, 0.717) is 5.92 Å². The number of fused-ring (bicyclic) bond motifs is 1. The lowest BCUT2D eigenvalue weighted by Gasteiger charge is -2.14. The van der Waals surface area contributed by atoms with Crippen LogP contribution in [0.5, 0.6) is 0 Å². The van der Waals surface area contributed by atoms with Crippen LogP contribution in [0.3, 0.4) is 0 Å². The number of imidazole rings is 1. The Labute approximate surface area is 162 Å². The summed E-state index contributed by atoms with van der Waals surface area (Å²) in [4.78, 5) is 12.8. The standard InChI is InChI=1S/C23H32N2O2/c1-6-12-20(27-17-18(7-2)8-3)16-15-19(9-4)25-22-14-11-10-13-21(22)24(5)23(25)26/h9-16,18H,6-8,17H2,1-5H3/b16-15-,19-9+,20-12+. The predicted octanol–water partition coefficient (Wildman–Crippen LogP) is 5.50. The maximum Gasteiger partial charge on any atom is 0.333 e. The van der Waals surface area contributed by atoms with E-state index in [2.05, 4.69) is 26.8 Å². The molecule has 146 valence electrons. The van der Waals surface area contributed by atoms with Gasteiger partial charge in [0.2, 0.25) is 0 Å². The molecule has 0 aliphatic rings. The Morgan fingerprint density at radius 3 is 2.37 bits per heavy atom. The summed E-state index contributed by atoms with van der Waals surface area (Å²) in [7, 11) is 1.80. The maximum absolute atomic E-state index is 12.8. The van der Waals surface area contributed by atoms with Crippen LogP contribution in [0.25, 0.3) is 16.7 Å². The summed E-state index contributed by atoms with van der Waals surface area (Å²) in [5.74, 6) is 1.43. The van der Waals surface area contributed by atoms with Crippen molar-refractivity contribution >= 4 is 16.7 Å². The lowest BCUT2D eigenvalue weighted by Crippen LogP contribution is -2.21. The first-order valence-electron chi connectivity index (χ1n) is 9.91. The van der Waals surface area contributed by atoms with Crippen LogP contribution in [-0.2, 0) is 11.8 Å². The summed E-state index contributed by atoms with van der Waals surface area (Å²) in [6.45, 7) is 9.16. The van der Waals surface area contributed by atoms with Crippen molar-refractivity contribution in [3.63, 3.8) is 0 Å². The van der Waals surface area contributed by atoms with Gasteiger partial charge in [0.25, 0.3) is 0 Å². The zero-order valence-corrected chi connectivity index (χ0v) is 17.2. The average Bonchev–Trinajstić information content (AvgIpc) is 2.94. The number of rotatable bonds is 9. The van der Waals surface area contributed by atoms with E-state index in [0.717, 1.165) is 48.4 Å². The number of benzene rings is 1. The molecule has 0 aliphatic heterocycles. The van der Waals surface area contributed by atoms with Gasteiger partial charge >= 0.3 is 5.69 Å². The van der Waals surface area contributed by atoms with E-state index in [9.17, 15) is 4.79 Å². The number of para-hydroxylation sites is 2. The molecule has 0 N–H and O–H groups in total. The second kappa shape index (κ2) is 10.0. The summed E-state index contributed by atoms with van der Waals surface area (Å²) < 4.78 is 9.46. The van der Waals surface area contributed by atoms with Gasteiger partial charge in [-0.05, 0) is 49.6 Å². The summed E-state index contributed by atoms with van der Waals surface area (Å²) in [6.07, 6.45) is 11.1. The summed E-state index contributed by atoms with van der Waals surface area (Å²) in [6, 6.07) is 7.84. The first-order valence-corrected chi connectivity index (χ1v) is 9.91. The molecule has 0 bridgehead atoms. The third kappa shape index (κ3) is 4.82. The van der Waals surface area contributed by atoms with Crippen LogP contribution in [0.1, 0.15) is 47.0 Å². The number of ether oxygens (including phenoxy) is 1. The van der Waals surface area contributed by atoms with Gasteiger partial charge in [-0.1, -0.05) is 51.8 Å². The Bertz CT molecular complexity index is 893. The van der Waals surface area contributed by atoms with Crippen molar-refractivity contribution < 1.29 is 4.74 Å². The highest BCUT2D eigenvalue weighted by Crippen LogP contribution is 2.18. The summed E-state index contributed by atoms with van der Waals surface area (Å²) in [5, 5.41) is 0. The van der Waals surface area contributed by atoms with E-state index in [1.54, 1.807) is 16.2 Å². The van der Waals surface area contributed by atoms with Crippen LogP contribution in [0, 0.1) is 5.92 Å². The van der Waals surface area contributed by atoms with E-state index in [4.69, 9.17) is 4.74 Å². The highest BCUT2D eigenvalue weighted by Gasteiger charge is 2.12. The Kier molecular flexibility index (Phi) is 7.71. The Morgan fingerprint density at radius 2 is 1.78 bits per heavy atom. The fourth-order valence-corrected chi connectivity index (χ4v) is 3.12. The van der Waals surface area contributed by atoms with Crippen LogP contribution in [-0.4, -0.2) is 15.7 Å². The van der Waals surface area contributed by atoms with Gasteiger partial charge in [0.05, 0.1) is 17.6 Å². The first-order chi connectivity index (χ1) is 13.1. The number of allylic oxidation sites excluding steroid dienone is 5. The van der Waals surface area contributed by atoms with Crippen LogP contribution < -0.4 is 5.69 Å². The minimum atomic E-state index is -0.0482. The predicted molar refractivity (Wildman–Crippen MR) is 115 cm³/mol. The minimum absolute atomic E-state index is 0.0482. The van der Waals surface area contributed by atoms with E-state index in [1.165, 1.54) is 0 Å². The zero-order valence-electron chi connectivity index (χ0n) is 17.2. The third-order valence-electron chi connectivity index (χ3n) is 4.98. The van der Waals surface area contributed by atoms with Gasteiger partial charge in [-0.15, -0.1) is 0 Å². The van der Waals surface area contributed by atoms with Crippen molar-refractivity contribution in [2.24, 2.45) is 13.0 Å². The molecular formula is C23H32N2O2. The molecule has 4 nitrogen and oxygen atoms in total. The van der Waals surface area contributed by atoms with Gasteiger partial charge in [0.15, 0.2) is 0 Å². The van der Waals surface area contributed by atoms with Gasteiger partial charge in [0, 0.05) is 12.7 Å². The molecule has 1 aromatic carbocycles. The molecule has 4 heteroatoms. The molecule has 0 radical (unpaired) electrons. The largest absolute Gasteiger partial charge is 0.494 e. The van der Waals surface area contributed by atoms with Crippen LogP contribution >= 0.6 is 0 Å². The molecule has 0 amide bonds. The zero-order chi connectivity index (χ0) is 19.8. The Morgan fingerprint density at radius 1 is 1.11 bits per heavy atom. The van der Waals surface area contributed by atoms with E-state index in [-0.39, 0.29) is 5.69 Å². The van der Waals surface area contributed by atoms with Crippen molar-refractivity contribution in [3.8, 4) is 0 Å². The highest BCUT2D eigenvalue weighted by atomic mass is 16.5. The van der Waals surface area contributed by atoms with Crippen molar-refractivity contribution in [2.75, 3.05) is 6.61 Å². The molecular weight excluding hydrogens is 336 g/mol. The molecule has 0 saturated carbocycles. The van der Waals surface area contributed by atoms with Crippen LogP contribution in [0.4, 0.5) is 0 Å². The average molecular weight is 369 g/mol. The van der Waals surface area contributed by atoms with E-state index >= 15 is 0 Å². The Hall–Kier alpha value is -2.49. The molecule has 0 spiro atoms. The van der Waals surface area contributed by atoms with Gasteiger partial charge in [-0.3, -0.25) is 9.13 Å². The maximum atomic E-state index is 12.8. The number of hydrogen-bond acceptors (Lipinski definition) is 2. The van der Waals surface area contributed by atoms with Gasteiger partial charge in [0.1, 0.15) is 5.76 Å².